The summed E-state index contributed by atoms with van der Waals surface area (Å²) in [5.74, 6) is -2.69. The van der Waals surface area contributed by atoms with Gasteiger partial charge in [-0.3, -0.25) is 14.4 Å². The third kappa shape index (κ3) is 5.03. The van der Waals surface area contributed by atoms with Crippen molar-refractivity contribution >= 4 is 41.4 Å². The van der Waals surface area contributed by atoms with Crippen molar-refractivity contribution in [3.05, 3.63) is 16.9 Å². The van der Waals surface area contributed by atoms with Crippen LogP contribution in [0.4, 0.5) is 0 Å². The van der Waals surface area contributed by atoms with E-state index >= 15 is 0 Å². The van der Waals surface area contributed by atoms with Crippen molar-refractivity contribution in [1.29, 1.82) is 0 Å². The molecule has 3 saturated heterocycles. The highest BCUT2D eigenvalue weighted by atomic mass is 32.2. The molecule has 6 atom stereocenters. The quantitative estimate of drug-likeness (QED) is 0.115. The number of aliphatic imine (C=N–C) groups is 1. The van der Waals surface area contributed by atoms with E-state index < -0.39 is 17.9 Å². The van der Waals surface area contributed by atoms with E-state index in [1.54, 1.807) is 11.8 Å². The number of nitrogens with one attached hydrogen (secondary N) is 2. The Bertz CT molecular complexity index is 1230. The first-order chi connectivity index (χ1) is 18.5. The predicted molar refractivity (Wildman–Crippen MR) is 137 cm³/mol. The minimum Gasteiger partial charge on any atom is -0.477 e. The first kappa shape index (κ1) is 26.9. The number of carboxylic acids is 1. The number of nitrogens with zero attached hydrogens (tertiary/aromatic N) is 7. The summed E-state index contributed by atoms with van der Waals surface area (Å²) in [6.07, 6.45) is 1.84. The number of likely N-dealkylation sites (tertiary alicyclic amines) is 1. The van der Waals surface area contributed by atoms with E-state index in [9.17, 15) is 24.3 Å². The molecule has 0 saturated carbocycles. The lowest BCUT2D eigenvalue weighted by Crippen LogP contribution is -2.66. The lowest BCUT2D eigenvalue weighted by atomic mass is 9.78. The highest BCUT2D eigenvalue weighted by molar-refractivity contribution is 8.03. The van der Waals surface area contributed by atoms with Crippen molar-refractivity contribution in [3.63, 3.8) is 0 Å². The summed E-state index contributed by atoms with van der Waals surface area (Å²) >= 11 is 1.41. The van der Waals surface area contributed by atoms with E-state index in [0.717, 1.165) is 0 Å². The van der Waals surface area contributed by atoms with Gasteiger partial charge in [-0.05, 0) is 23.8 Å². The first-order valence-electron chi connectivity index (χ1n) is 12.6. The van der Waals surface area contributed by atoms with Crippen LogP contribution in [0.3, 0.4) is 0 Å². The number of guanidine groups is 1. The second-order valence-corrected chi connectivity index (χ2v) is 11.6. The predicted octanol–water partition coefficient (Wildman–Crippen LogP) is -3.10. The van der Waals surface area contributed by atoms with E-state index in [1.165, 1.54) is 27.7 Å². The zero-order valence-electron chi connectivity index (χ0n) is 21.4. The smallest absolute Gasteiger partial charge is 0.353 e. The summed E-state index contributed by atoms with van der Waals surface area (Å²) < 4.78 is 1.27. The van der Waals surface area contributed by atoms with Gasteiger partial charge in [-0.2, -0.15) is 0 Å². The van der Waals surface area contributed by atoms with Gasteiger partial charge in [0.2, 0.25) is 17.7 Å². The van der Waals surface area contributed by atoms with Crippen molar-refractivity contribution in [2.45, 2.75) is 56.2 Å². The van der Waals surface area contributed by atoms with Gasteiger partial charge in [-0.25, -0.2) is 14.5 Å². The molecule has 4 aliphatic heterocycles. The van der Waals surface area contributed by atoms with E-state index in [0.29, 0.717) is 31.0 Å². The number of nitrogens with two attached hydrogens (primary N) is 2. The van der Waals surface area contributed by atoms with Crippen LogP contribution in [0.15, 0.2) is 21.9 Å². The van der Waals surface area contributed by atoms with Gasteiger partial charge in [0.15, 0.2) is 5.96 Å². The largest absolute Gasteiger partial charge is 0.477 e. The van der Waals surface area contributed by atoms with Gasteiger partial charge in [0.1, 0.15) is 18.6 Å². The number of aromatic nitrogens is 4. The summed E-state index contributed by atoms with van der Waals surface area (Å²) in [5.41, 5.74) is 10.8. The van der Waals surface area contributed by atoms with Gasteiger partial charge < -0.3 is 37.0 Å². The number of tetrazole rings is 1. The molecule has 0 aromatic carbocycles. The lowest BCUT2D eigenvalue weighted by Gasteiger charge is -2.47. The molecular formula is C22H31N11O5S. The van der Waals surface area contributed by atoms with Crippen LogP contribution >= 0.6 is 11.8 Å². The summed E-state index contributed by atoms with van der Waals surface area (Å²) in [6, 6.07) is -1.36. The van der Waals surface area contributed by atoms with Gasteiger partial charge in [0.05, 0.1) is 24.0 Å². The zero-order valence-corrected chi connectivity index (χ0v) is 22.2. The number of fused-ring (bicyclic) bond motifs is 1. The molecule has 7 N–H and O–H groups in total. The van der Waals surface area contributed by atoms with Crippen molar-refractivity contribution in [1.82, 2.24) is 40.6 Å². The molecule has 1 aromatic heterocycles. The number of thioether (sulfide) groups is 1. The molecular weight excluding hydrogens is 530 g/mol. The van der Waals surface area contributed by atoms with Gasteiger partial charge in [-0.1, -0.05) is 6.92 Å². The van der Waals surface area contributed by atoms with Gasteiger partial charge in [0, 0.05) is 41.7 Å². The average Bonchev–Trinajstić information content (AvgIpc) is 3.56. The highest BCUT2D eigenvalue weighted by Crippen LogP contribution is 2.51. The van der Waals surface area contributed by atoms with Crippen LogP contribution in [-0.2, 0) is 25.7 Å². The zero-order chi connectivity index (χ0) is 28.0. The number of carbonyl (C=O) groups excluding carboxylic acids is 3. The number of hydrogen-bond donors (Lipinski definition) is 5. The van der Waals surface area contributed by atoms with E-state index in [-0.39, 0.29) is 65.2 Å². The van der Waals surface area contributed by atoms with Crippen LogP contribution < -0.4 is 22.1 Å². The number of carbonyl (C=O) groups is 4. The Morgan fingerprint density at radius 1 is 1.33 bits per heavy atom. The average molecular weight is 562 g/mol. The fourth-order valence-electron chi connectivity index (χ4n) is 5.79. The molecule has 16 nitrogen and oxygen atoms in total. The number of carboxylic acid groups (broad SMARTS) is 1. The minimum absolute atomic E-state index is 0.00211. The molecule has 0 spiro atoms. The number of hydrogen-bond acceptors (Lipinski definition) is 10. The molecule has 3 fully saturated rings. The van der Waals surface area contributed by atoms with Crippen LogP contribution in [0.25, 0.3) is 0 Å². The molecule has 1 aromatic rings. The number of rotatable bonds is 9. The number of β-lactam (4-membered cyclic amide) rings is 1. The molecule has 0 radical (unpaired) electrons. The Morgan fingerprint density at radius 2 is 2.08 bits per heavy atom. The molecule has 210 valence electrons. The minimum atomic E-state index is -1.17. The standard InChI is InChI=1S/C22H31N11O5S/c1-9-16-15(10(2)27-14(34)7-32-8-26-29-30-32)20(36)33(16)17(21(37)38)18(9)39-12-3-13(25-4-12)19(35)31-5-11(6-31)28-22(23)24/h8-13,15-16,25H,3-7H2,1-2H3,(H,27,34)(H,37,38)(H4,23,24,28)/t9-,10?,12+,13+,15-,16-/m1/s1. The fraction of sp³-hybridized carbons (Fsp3) is 0.636. The summed E-state index contributed by atoms with van der Waals surface area (Å²) in [5, 5.41) is 26.7. The molecule has 3 amide bonds. The molecule has 5 heterocycles. The van der Waals surface area contributed by atoms with Crippen LogP contribution in [0.1, 0.15) is 20.3 Å². The third-order valence-electron chi connectivity index (χ3n) is 7.60. The molecule has 5 rings (SSSR count). The molecule has 39 heavy (non-hydrogen) atoms. The SMILES string of the molecule is CC(NC(=O)Cn1cnnn1)[C@H]1C(=O)N2C(C(=O)O)=C(S[C@@H]3CN[C@H](C(=O)N4CC(N=C(N)N)C4)C3)[C@H](C)[C@H]12. The Morgan fingerprint density at radius 3 is 2.72 bits per heavy atom. The fourth-order valence-corrected chi connectivity index (χ4v) is 7.27. The molecule has 1 unspecified atom stereocenters. The summed E-state index contributed by atoms with van der Waals surface area (Å²) in [6.45, 7) is 5.00. The second kappa shape index (κ2) is 10.4. The molecule has 0 bridgehead atoms. The van der Waals surface area contributed by atoms with Crippen LogP contribution in [-0.4, -0.2) is 114 Å². The van der Waals surface area contributed by atoms with Crippen molar-refractivity contribution in [3.8, 4) is 0 Å². The summed E-state index contributed by atoms with van der Waals surface area (Å²) in [7, 11) is 0. The Kier molecular flexibility index (Phi) is 7.19. The third-order valence-corrected chi connectivity index (χ3v) is 9.12. The first-order valence-corrected chi connectivity index (χ1v) is 13.5. The second-order valence-electron chi connectivity index (χ2n) is 10.3. The number of amides is 3. The topological polar surface area (TPSA) is 227 Å². The van der Waals surface area contributed by atoms with Gasteiger partial charge in [0.25, 0.3) is 0 Å². The van der Waals surface area contributed by atoms with Crippen molar-refractivity contribution < 1.29 is 24.3 Å². The maximum Gasteiger partial charge on any atom is 0.353 e. The maximum atomic E-state index is 13.1. The normalized spacial score (nSPS) is 29.0. The Balaban J connectivity index is 1.20. The van der Waals surface area contributed by atoms with E-state index in [4.69, 9.17) is 11.5 Å². The molecule has 0 aliphatic carbocycles. The van der Waals surface area contributed by atoms with Crippen molar-refractivity contribution in [2.24, 2.45) is 28.3 Å². The Labute approximate surface area is 227 Å². The van der Waals surface area contributed by atoms with E-state index in [1.807, 2.05) is 6.92 Å². The summed E-state index contributed by atoms with van der Waals surface area (Å²) in [4.78, 5) is 58.4. The lowest BCUT2D eigenvalue weighted by molar-refractivity contribution is -0.158. The van der Waals surface area contributed by atoms with Crippen molar-refractivity contribution in [2.75, 3.05) is 19.6 Å². The van der Waals surface area contributed by atoms with Gasteiger partial charge >= 0.3 is 5.97 Å². The molecule has 4 aliphatic rings. The monoisotopic (exact) mass is 561 g/mol. The maximum absolute atomic E-state index is 13.1. The molecule has 17 heteroatoms. The highest BCUT2D eigenvalue weighted by Gasteiger charge is 2.60. The van der Waals surface area contributed by atoms with Gasteiger partial charge in [-0.15, -0.1) is 16.9 Å². The number of aliphatic carboxylic acids is 1. The van der Waals surface area contributed by atoms with Crippen LogP contribution in [0, 0.1) is 11.8 Å². The van der Waals surface area contributed by atoms with E-state index in [2.05, 4.69) is 31.2 Å². The van der Waals surface area contributed by atoms with Crippen LogP contribution in [0.2, 0.25) is 0 Å². The Hall–Kier alpha value is -3.73. The van der Waals surface area contributed by atoms with Crippen LogP contribution in [0.5, 0.6) is 0 Å².